The molecule has 16 rings (SSSR count). The van der Waals surface area contributed by atoms with Crippen molar-refractivity contribution >= 4 is 11.6 Å². The summed E-state index contributed by atoms with van der Waals surface area (Å²) in [6.07, 6.45) is 15.2. The van der Waals surface area contributed by atoms with Crippen molar-refractivity contribution in [1.29, 1.82) is 0 Å². The van der Waals surface area contributed by atoms with Crippen molar-refractivity contribution in [3.8, 4) is 23.0 Å². The number of Topliss-reactive ketones (excluding diaryl/α,β-unsaturated/α-hetero) is 2. The zero-order valence-electron chi connectivity index (χ0n) is 40.7. The molecule has 0 heterocycles. The van der Waals surface area contributed by atoms with E-state index in [4.69, 9.17) is 19.1 Å². The highest BCUT2D eigenvalue weighted by atomic mass is 17.0. The van der Waals surface area contributed by atoms with Gasteiger partial charge in [0.05, 0.1) is 26.4 Å². The Balaban J connectivity index is 0.609. The summed E-state index contributed by atoms with van der Waals surface area (Å²) in [4.78, 5) is 49.2. The van der Waals surface area contributed by atoms with Crippen LogP contribution in [0.5, 0.6) is 23.0 Å². The maximum atomic E-state index is 13.0. The van der Waals surface area contributed by atoms with Crippen LogP contribution in [-0.2, 0) is 39.6 Å². The lowest BCUT2D eigenvalue weighted by atomic mass is 9.43. The van der Waals surface area contributed by atoms with Gasteiger partial charge in [-0.15, -0.1) is 0 Å². The average molecular weight is 937 g/mol. The Morgan fingerprint density at radius 2 is 0.882 bits per heavy atom. The van der Waals surface area contributed by atoms with E-state index in [9.17, 15) is 34.9 Å². The highest BCUT2D eigenvalue weighted by molar-refractivity contribution is 5.87. The van der Waals surface area contributed by atoms with Crippen molar-refractivity contribution in [2.45, 2.75) is 153 Å². The van der Waals surface area contributed by atoms with Crippen LogP contribution in [0.25, 0.3) is 0 Å². The minimum absolute atomic E-state index is 0.0146. The number of carbonyl (C=O) groups is 2. The molecular formula is C56H74NO11+. The van der Waals surface area contributed by atoms with Crippen LogP contribution in [0.4, 0.5) is 0 Å². The van der Waals surface area contributed by atoms with Gasteiger partial charge < -0.3 is 29.9 Å². The van der Waals surface area contributed by atoms with Crippen molar-refractivity contribution in [3.05, 3.63) is 51.4 Å². The number of carbonyl (C=O) groups excluding carboxylic acids is 2. The summed E-state index contributed by atoms with van der Waals surface area (Å²) in [5.41, 5.74) is 2.58. The van der Waals surface area contributed by atoms with Gasteiger partial charge in [-0.25, -0.2) is 0 Å². The SMILES string of the molecule is CC1(C)[C@@H]2C[C@@H]1[C@H](c1c(O)cc(C34CC5CC(CC(COCCO[N+](=O)OCCOCC67CC8CC(C6)CC(c6cc(O)c([C@@H]9CC(=O)[C@H]%10C[C@H]9C%10(C)C)c(O)c6)(C8)C7)(C5)C3)C4)cc1O)CC2=O. The molecule has 4 unspecified atom stereocenters. The summed E-state index contributed by atoms with van der Waals surface area (Å²) >= 11 is 0. The molecule has 14 saturated carbocycles. The third-order valence-corrected chi connectivity index (χ3v) is 21.5. The maximum absolute atomic E-state index is 13.0. The van der Waals surface area contributed by atoms with Crippen LogP contribution in [-0.4, -0.2) is 76.7 Å². The molecule has 12 nitrogen and oxygen atoms in total. The molecule has 0 radical (unpaired) electrons. The fourth-order valence-corrected chi connectivity index (χ4v) is 19.5. The summed E-state index contributed by atoms with van der Waals surface area (Å²) < 4.78 is 12.5. The van der Waals surface area contributed by atoms with E-state index in [1.54, 1.807) is 0 Å². The van der Waals surface area contributed by atoms with Gasteiger partial charge in [0.25, 0.3) is 0 Å². The number of hydrogen-bond acceptors (Lipinski definition) is 11. The molecular weight excluding hydrogens is 863 g/mol. The molecule has 2 aromatic carbocycles. The van der Waals surface area contributed by atoms with Crippen LogP contribution in [0, 0.1) is 73.9 Å². The standard InChI is InChI=1S/C56H73NO11/c1-51(2)39-17-41(51)43(58)15-37(39)49-45(60)11-35(12-46(49)61)55-23-31-9-32(24-55)20-53(19-31,27-55)29-65-5-7-67-57(64)68-8-6-66-30-54-21-33-10-34(22-54)26-56(25-33,28-54)36-13-47(62)50(48(63)14-36)38-16-44(59)42-18-40(38)52(42,3)4/h11-14,31-34,37-42H,5-10,15-30H2,1-4H3,(H3-,60,61,62,63)/p+1/t31?,32?,33?,34?,37-,38-,39-,40-,41-,42-,53?,54?,55?,56?/m1/s1. The van der Waals surface area contributed by atoms with Crippen LogP contribution in [0.2, 0.25) is 0 Å². The second-order valence-electron chi connectivity index (χ2n) is 26.3. The topological polar surface area (TPSA) is 172 Å². The van der Waals surface area contributed by atoms with Crippen LogP contribution >= 0.6 is 0 Å². The van der Waals surface area contributed by atoms with Gasteiger partial charge in [-0.05, 0) is 193 Å². The molecule has 14 fully saturated rings. The molecule has 12 heteroatoms. The molecule has 14 aliphatic rings. The second-order valence-corrected chi connectivity index (χ2v) is 26.3. The van der Waals surface area contributed by atoms with Crippen molar-refractivity contribution in [2.75, 3.05) is 39.6 Å². The number of benzene rings is 2. The Bertz CT molecular complexity index is 2190. The Morgan fingerprint density at radius 3 is 1.21 bits per heavy atom. The zero-order valence-corrected chi connectivity index (χ0v) is 40.7. The third-order valence-electron chi connectivity index (χ3n) is 21.5. The van der Waals surface area contributed by atoms with E-state index in [1.807, 2.05) is 24.3 Å². The Morgan fingerprint density at radius 1 is 0.529 bits per heavy atom. The van der Waals surface area contributed by atoms with E-state index in [0.29, 0.717) is 60.9 Å². The van der Waals surface area contributed by atoms with Crippen LogP contribution in [0.3, 0.4) is 0 Å². The van der Waals surface area contributed by atoms with Crippen molar-refractivity contribution in [2.24, 2.45) is 69.0 Å². The quantitative estimate of drug-likeness (QED) is 0.0933. The summed E-state index contributed by atoms with van der Waals surface area (Å²) in [6.45, 7) is 10.4. The fourth-order valence-electron chi connectivity index (χ4n) is 19.5. The maximum Gasteiger partial charge on any atom is 0.477 e. The summed E-state index contributed by atoms with van der Waals surface area (Å²) in [7, 11) is 0. The zero-order chi connectivity index (χ0) is 47.3. The molecule has 368 valence electrons. The Hall–Kier alpha value is -3.90. The second kappa shape index (κ2) is 15.5. The van der Waals surface area contributed by atoms with Gasteiger partial charge in [0.15, 0.2) is 13.2 Å². The van der Waals surface area contributed by atoms with Gasteiger partial charge in [0, 0.05) is 47.6 Å². The van der Waals surface area contributed by atoms with Crippen molar-refractivity contribution in [3.63, 3.8) is 0 Å². The molecule has 68 heavy (non-hydrogen) atoms. The smallest absolute Gasteiger partial charge is 0.477 e. The van der Waals surface area contributed by atoms with Crippen molar-refractivity contribution in [1.82, 2.24) is 0 Å². The first-order valence-electron chi connectivity index (χ1n) is 26.4. The number of ether oxygens (including phenoxy) is 2. The summed E-state index contributed by atoms with van der Waals surface area (Å²) in [5, 5.41) is 46.3. The molecule has 0 amide bonds. The average Bonchev–Trinajstić information content (AvgIpc) is 3.24. The van der Waals surface area contributed by atoms with Gasteiger partial charge in [0.2, 0.25) is 0 Å². The predicted molar refractivity (Wildman–Crippen MR) is 250 cm³/mol. The number of phenolic OH excluding ortho intramolecular Hbond substituents is 4. The normalized spacial score (nSPS) is 41.6. The molecule has 2 aromatic rings. The molecule has 0 aliphatic heterocycles. The van der Waals surface area contributed by atoms with E-state index >= 15 is 0 Å². The fraction of sp³-hybridized carbons (Fsp3) is 0.750. The highest BCUT2D eigenvalue weighted by Gasteiger charge is 2.63. The van der Waals surface area contributed by atoms with E-state index in [1.165, 1.54) is 12.8 Å². The van der Waals surface area contributed by atoms with Gasteiger partial charge >= 0.3 is 5.09 Å². The van der Waals surface area contributed by atoms with E-state index in [2.05, 4.69) is 27.7 Å². The highest BCUT2D eigenvalue weighted by Crippen LogP contribution is 2.70. The largest absolute Gasteiger partial charge is 0.508 e. The number of aromatic hydroxyl groups is 4. The molecule has 0 spiro atoms. The van der Waals surface area contributed by atoms with Gasteiger partial charge in [-0.2, -0.15) is 9.68 Å². The molecule has 12 bridgehead atoms. The number of hydrogen-bond donors (Lipinski definition) is 4. The number of fused-ring (bicyclic) bond motifs is 4. The third kappa shape index (κ3) is 6.99. The number of phenols is 4. The number of rotatable bonds is 16. The van der Waals surface area contributed by atoms with Crippen LogP contribution < -0.4 is 0 Å². The number of ketones is 2. The van der Waals surface area contributed by atoms with Crippen LogP contribution in [0.1, 0.15) is 165 Å². The van der Waals surface area contributed by atoms with Gasteiger partial charge in [-0.3, -0.25) is 9.59 Å². The lowest BCUT2D eigenvalue weighted by Crippen LogP contribution is -2.56. The van der Waals surface area contributed by atoms with E-state index < -0.39 is 0 Å². The van der Waals surface area contributed by atoms with E-state index in [-0.39, 0.29) is 134 Å². The van der Waals surface area contributed by atoms with Gasteiger partial charge in [-0.1, -0.05) is 27.7 Å². The molecule has 4 N–H and O–H groups in total. The first-order chi connectivity index (χ1) is 32.3. The first kappa shape index (κ1) is 45.3. The summed E-state index contributed by atoms with van der Waals surface area (Å²) in [6, 6.07) is 7.63. The predicted octanol–water partition coefficient (Wildman–Crippen LogP) is 10.00. The molecule has 10 atom stereocenters. The van der Waals surface area contributed by atoms with Crippen molar-refractivity contribution < 1.29 is 54.3 Å². The minimum atomic E-state index is -0.156. The van der Waals surface area contributed by atoms with Gasteiger partial charge in [0.1, 0.15) is 39.5 Å². The monoisotopic (exact) mass is 937 g/mol. The van der Waals surface area contributed by atoms with Crippen LogP contribution in [0.15, 0.2) is 24.3 Å². The minimum Gasteiger partial charge on any atom is -0.508 e. The lowest BCUT2D eigenvalue weighted by Gasteiger charge is -2.62. The Kier molecular flexibility index (Phi) is 10.3. The number of nitrogens with zero attached hydrogens (tertiary/aromatic N) is 1. The molecule has 14 aliphatic carbocycles. The van der Waals surface area contributed by atoms with E-state index in [0.717, 1.165) is 88.2 Å². The Labute approximate surface area is 400 Å². The summed E-state index contributed by atoms with van der Waals surface area (Å²) in [5.74, 6) is 3.65. The molecule has 0 aromatic heterocycles. The lowest BCUT2D eigenvalue weighted by molar-refractivity contribution is -0.981. The first-order valence-corrected chi connectivity index (χ1v) is 26.4. The molecule has 0 saturated heterocycles.